The van der Waals surface area contributed by atoms with Gasteiger partial charge in [-0.3, -0.25) is 14.9 Å². The van der Waals surface area contributed by atoms with Gasteiger partial charge in [0.05, 0.1) is 18.2 Å². The van der Waals surface area contributed by atoms with Crippen LogP contribution < -0.4 is 20.7 Å². The zero-order valence-corrected chi connectivity index (χ0v) is 12.9. The summed E-state index contributed by atoms with van der Waals surface area (Å²) in [5, 5.41) is 6.42. The average molecular weight is 347 g/mol. The van der Waals surface area contributed by atoms with Gasteiger partial charge in [-0.15, -0.1) is 0 Å². The molecule has 0 radical (unpaired) electrons. The van der Waals surface area contributed by atoms with Crippen LogP contribution in [0.4, 0.5) is 18.0 Å². The Kier molecular flexibility index (Phi) is 6.57. The minimum atomic E-state index is -4.79. The van der Waals surface area contributed by atoms with Gasteiger partial charge >= 0.3 is 12.2 Å². The van der Waals surface area contributed by atoms with E-state index in [2.05, 4.69) is 10.6 Å². The molecule has 132 valence electrons. The number of methoxy groups -OCH3 is 1. The van der Waals surface area contributed by atoms with Crippen molar-refractivity contribution in [2.24, 2.45) is 0 Å². The maximum Gasteiger partial charge on any atom is 0.417 e. The quantitative estimate of drug-likeness (QED) is 0.699. The molecule has 1 rings (SSSR count). The van der Waals surface area contributed by atoms with Crippen LogP contribution in [0.1, 0.15) is 22.8 Å². The Morgan fingerprint density at radius 2 is 1.75 bits per heavy atom. The molecule has 1 aromatic rings. The first-order valence-electron chi connectivity index (χ1n) is 6.74. The molecule has 3 N–H and O–H groups in total. The van der Waals surface area contributed by atoms with E-state index in [-0.39, 0.29) is 24.7 Å². The fourth-order valence-corrected chi connectivity index (χ4v) is 1.71. The number of hydrogen-bond donors (Lipinski definition) is 3. The lowest BCUT2D eigenvalue weighted by molar-refractivity contribution is -0.138. The van der Waals surface area contributed by atoms with Crippen molar-refractivity contribution in [3.8, 4) is 5.75 Å². The van der Waals surface area contributed by atoms with Gasteiger partial charge in [-0.1, -0.05) is 0 Å². The van der Waals surface area contributed by atoms with Gasteiger partial charge in [0.2, 0.25) is 5.91 Å². The van der Waals surface area contributed by atoms with Gasteiger partial charge in [0, 0.05) is 20.0 Å². The smallest absolute Gasteiger partial charge is 0.417 e. The monoisotopic (exact) mass is 347 g/mol. The summed E-state index contributed by atoms with van der Waals surface area (Å²) in [5.74, 6) is -1.58. The van der Waals surface area contributed by atoms with Gasteiger partial charge in [-0.2, -0.15) is 13.2 Å². The van der Waals surface area contributed by atoms with Crippen LogP contribution >= 0.6 is 0 Å². The number of benzene rings is 1. The van der Waals surface area contributed by atoms with Crippen molar-refractivity contribution in [3.63, 3.8) is 0 Å². The van der Waals surface area contributed by atoms with Gasteiger partial charge in [0.15, 0.2) is 0 Å². The molecule has 4 amide bonds. The molecule has 7 nitrogen and oxygen atoms in total. The molecule has 0 aliphatic carbocycles. The van der Waals surface area contributed by atoms with Crippen molar-refractivity contribution in [3.05, 3.63) is 29.3 Å². The highest BCUT2D eigenvalue weighted by Crippen LogP contribution is 2.34. The van der Waals surface area contributed by atoms with Crippen molar-refractivity contribution in [2.45, 2.75) is 13.1 Å². The van der Waals surface area contributed by atoms with Crippen molar-refractivity contribution < 1.29 is 32.3 Å². The summed E-state index contributed by atoms with van der Waals surface area (Å²) in [5.41, 5.74) is -1.93. The summed E-state index contributed by atoms with van der Waals surface area (Å²) in [6.07, 6.45) is -4.79. The molecule has 0 spiro atoms. The van der Waals surface area contributed by atoms with E-state index >= 15 is 0 Å². The lowest BCUT2D eigenvalue weighted by Gasteiger charge is -2.14. The third kappa shape index (κ3) is 5.78. The summed E-state index contributed by atoms with van der Waals surface area (Å²) >= 11 is 0. The van der Waals surface area contributed by atoms with E-state index in [1.165, 1.54) is 20.1 Å². The number of amides is 4. The lowest BCUT2D eigenvalue weighted by atomic mass is 10.1. The molecule has 1 aromatic carbocycles. The molecule has 0 aliphatic heterocycles. The highest BCUT2D eigenvalue weighted by atomic mass is 19.4. The Balaban J connectivity index is 2.77. The van der Waals surface area contributed by atoms with Crippen LogP contribution in [0.25, 0.3) is 0 Å². The minimum absolute atomic E-state index is 0.00737. The van der Waals surface area contributed by atoms with Crippen LogP contribution in [-0.2, 0) is 11.0 Å². The fourth-order valence-electron chi connectivity index (χ4n) is 1.71. The van der Waals surface area contributed by atoms with Crippen LogP contribution in [0.15, 0.2) is 18.2 Å². The summed E-state index contributed by atoms with van der Waals surface area (Å²) in [6.45, 7) is 1.41. The predicted octanol–water partition coefficient (Wildman–Crippen LogP) is 1.29. The van der Waals surface area contributed by atoms with Crippen molar-refractivity contribution in [2.75, 3.05) is 20.2 Å². The molecule has 0 saturated heterocycles. The number of nitrogens with one attached hydrogen (secondary N) is 3. The first-order chi connectivity index (χ1) is 11.1. The van der Waals surface area contributed by atoms with Gasteiger partial charge in [-0.25, -0.2) is 4.79 Å². The van der Waals surface area contributed by atoms with Crippen LogP contribution in [0, 0.1) is 0 Å². The average Bonchev–Trinajstić information content (AvgIpc) is 2.49. The number of imide groups is 1. The standard InChI is InChI=1S/C14H16F3N3O4/c1-8(21)18-5-6-19-13(23)20-12(22)10-4-3-9(24-2)7-11(10)14(15,16)17/h3-4,7H,5-6H2,1-2H3,(H,18,21)(H2,19,20,22,23). The van der Waals surface area contributed by atoms with Crippen LogP contribution in [0.5, 0.6) is 5.75 Å². The van der Waals surface area contributed by atoms with E-state index in [1.54, 1.807) is 5.32 Å². The second kappa shape index (κ2) is 8.18. The number of carbonyl (C=O) groups is 3. The molecule has 0 saturated carbocycles. The number of hydrogen-bond acceptors (Lipinski definition) is 4. The van der Waals surface area contributed by atoms with Gasteiger partial charge in [0.1, 0.15) is 5.75 Å². The third-order valence-electron chi connectivity index (χ3n) is 2.79. The van der Waals surface area contributed by atoms with Crippen LogP contribution in [0.2, 0.25) is 0 Å². The van der Waals surface area contributed by atoms with Gasteiger partial charge in [-0.05, 0) is 18.2 Å². The minimum Gasteiger partial charge on any atom is -0.497 e. The van der Waals surface area contributed by atoms with Crippen molar-refractivity contribution in [1.82, 2.24) is 16.0 Å². The Morgan fingerprint density at radius 1 is 1.12 bits per heavy atom. The molecule has 0 atom stereocenters. The molecule has 10 heteroatoms. The number of ether oxygens (including phenoxy) is 1. The first kappa shape index (κ1) is 19.3. The zero-order valence-electron chi connectivity index (χ0n) is 12.9. The van der Waals surface area contributed by atoms with E-state index in [9.17, 15) is 27.6 Å². The fraction of sp³-hybridized carbons (Fsp3) is 0.357. The summed E-state index contributed by atoms with van der Waals surface area (Å²) < 4.78 is 43.7. The normalized spacial score (nSPS) is 10.7. The van der Waals surface area contributed by atoms with E-state index in [0.29, 0.717) is 6.07 Å². The number of carbonyl (C=O) groups excluding carboxylic acids is 3. The lowest BCUT2D eigenvalue weighted by Crippen LogP contribution is -2.42. The first-order valence-corrected chi connectivity index (χ1v) is 6.74. The predicted molar refractivity (Wildman–Crippen MR) is 77.5 cm³/mol. The number of halogens is 3. The zero-order chi connectivity index (χ0) is 18.3. The van der Waals surface area contributed by atoms with E-state index < -0.39 is 29.2 Å². The molecule has 0 fully saturated rings. The largest absolute Gasteiger partial charge is 0.497 e. The highest BCUT2D eigenvalue weighted by molar-refractivity contribution is 6.05. The molecule has 0 aromatic heterocycles. The van der Waals surface area contributed by atoms with E-state index in [0.717, 1.165) is 6.07 Å². The molecule has 0 heterocycles. The number of urea groups is 1. The van der Waals surface area contributed by atoms with Crippen molar-refractivity contribution >= 4 is 17.8 Å². The molecule has 0 bridgehead atoms. The summed E-state index contributed by atoms with van der Waals surface area (Å²) in [7, 11) is 1.19. The van der Waals surface area contributed by atoms with E-state index in [1.807, 2.05) is 0 Å². The summed E-state index contributed by atoms with van der Waals surface area (Å²) in [4.78, 5) is 34.0. The van der Waals surface area contributed by atoms with Crippen LogP contribution in [-0.4, -0.2) is 38.0 Å². The Bertz CT molecular complexity index is 632. The summed E-state index contributed by atoms with van der Waals surface area (Å²) in [6, 6.07) is 1.79. The molecule has 24 heavy (non-hydrogen) atoms. The molecule has 0 unspecified atom stereocenters. The molecule has 0 aliphatic rings. The SMILES string of the molecule is COc1ccc(C(=O)NC(=O)NCCNC(C)=O)c(C(F)(F)F)c1. The van der Waals surface area contributed by atoms with E-state index in [4.69, 9.17) is 4.74 Å². The molecular formula is C14H16F3N3O4. The van der Waals surface area contributed by atoms with Gasteiger partial charge < -0.3 is 15.4 Å². The second-order valence-electron chi connectivity index (χ2n) is 4.60. The van der Waals surface area contributed by atoms with Gasteiger partial charge in [0.25, 0.3) is 5.91 Å². The van der Waals surface area contributed by atoms with Crippen molar-refractivity contribution in [1.29, 1.82) is 0 Å². The number of rotatable bonds is 5. The van der Waals surface area contributed by atoms with Crippen LogP contribution in [0.3, 0.4) is 0 Å². The topological polar surface area (TPSA) is 96.5 Å². The Morgan fingerprint density at radius 3 is 2.29 bits per heavy atom. The molecular weight excluding hydrogens is 331 g/mol. The number of alkyl halides is 3. The maximum absolute atomic E-state index is 13.0. The maximum atomic E-state index is 13.0. The Labute approximate surface area is 135 Å². The second-order valence-corrected chi connectivity index (χ2v) is 4.60. The Hall–Kier alpha value is -2.78. The third-order valence-corrected chi connectivity index (χ3v) is 2.79. The highest BCUT2D eigenvalue weighted by Gasteiger charge is 2.36.